The molecular weight excluding hydrogens is 367 g/mol. The largest absolute Gasteiger partial charge is 0.331 e. The van der Waals surface area contributed by atoms with Crippen LogP contribution in [0.1, 0.15) is 24.0 Å². The highest BCUT2D eigenvalue weighted by Crippen LogP contribution is 2.36. The number of alkyl halides is 2. The van der Waals surface area contributed by atoms with Crippen LogP contribution in [0.15, 0.2) is 54.6 Å². The maximum Gasteiger partial charge on any atom is 0.331 e. The van der Waals surface area contributed by atoms with E-state index in [0.29, 0.717) is 16.7 Å². The average Bonchev–Trinajstić information content (AvgIpc) is 3.16. The highest BCUT2D eigenvalue weighted by molar-refractivity contribution is 5.90. The highest BCUT2D eigenvalue weighted by Gasteiger charge is 2.38. The van der Waals surface area contributed by atoms with E-state index in [2.05, 4.69) is 25.5 Å². The quantitative estimate of drug-likeness (QED) is 0.512. The number of nitrogens with zero attached hydrogens (tertiary/aromatic N) is 3. The first kappa shape index (κ1) is 18.0. The highest BCUT2D eigenvalue weighted by atomic mass is 19.3. The van der Waals surface area contributed by atoms with Gasteiger partial charge in [-0.05, 0) is 42.8 Å². The lowest BCUT2D eigenvalue weighted by atomic mass is 10.1. The summed E-state index contributed by atoms with van der Waals surface area (Å²) in [4.78, 5) is 8.13. The lowest BCUT2D eigenvalue weighted by Gasteiger charge is -2.17. The molecule has 2 aromatic heterocycles. The number of hydrogen-bond donors (Lipinski definition) is 2. The molecule has 0 spiro atoms. The first-order chi connectivity index (χ1) is 13.5. The number of fused-ring (bicyclic) bond motifs is 1. The molecule has 0 amide bonds. The second-order valence-corrected chi connectivity index (χ2v) is 6.25. The number of para-hydroxylation sites is 1. The SMILES string of the molecule is CCc1cc(Nc2nc(C(F)(F)c3ccc(F)cc3)nc3ccccc23)n[nH]1. The van der Waals surface area contributed by atoms with Crippen molar-refractivity contribution in [1.29, 1.82) is 0 Å². The molecule has 4 rings (SSSR count). The normalized spacial score (nSPS) is 11.7. The van der Waals surface area contributed by atoms with Crippen molar-refractivity contribution < 1.29 is 13.2 Å². The smallest absolute Gasteiger partial charge is 0.323 e. The van der Waals surface area contributed by atoms with Gasteiger partial charge in [-0.3, -0.25) is 5.10 Å². The Morgan fingerprint density at radius 2 is 1.79 bits per heavy atom. The van der Waals surface area contributed by atoms with Crippen molar-refractivity contribution >= 4 is 22.5 Å². The molecule has 0 radical (unpaired) electrons. The van der Waals surface area contributed by atoms with Crippen LogP contribution in [0.25, 0.3) is 10.9 Å². The van der Waals surface area contributed by atoms with E-state index >= 15 is 8.78 Å². The minimum Gasteiger partial charge on any atom is -0.323 e. The number of rotatable bonds is 5. The Balaban J connectivity index is 1.82. The maximum absolute atomic E-state index is 15.0. The van der Waals surface area contributed by atoms with Crippen LogP contribution < -0.4 is 5.32 Å². The number of anilines is 2. The van der Waals surface area contributed by atoms with Crippen molar-refractivity contribution in [1.82, 2.24) is 20.2 Å². The number of halogens is 3. The van der Waals surface area contributed by atoms with Crippen LogP contribution in [0.3, 0.4) is 0 Å². The van der Waals surface area contributed by atoms with E-state index in [9.17, 15) is 4.39 Å². The minimum atomic E-state index is -3.49. The Labute approximate surface area is 158 Å². The second-order valence-electron chi connectivity index (χ2n) is 6.25. The molecule has 142 valence electrons. The molecule has 2 N–H and O–H groups in total. The van der Waals surface area contributed by atoms with E-state index in [1.807, 2.05) is 6.92 Å². The predicted octanol–water partition coefficient (Wildman–Crippen LogP) is 4.94. The molecule has 0 saturated heterocycles. The number of aromatic amines is 1. The van der Waals surface area contributed by atoms with Crippen LogP contribution >= 0.6 is 0 Å². The monoisotopic (exact) mass is 383 g/mol. The summed E-state index contributed by atoms with van der Waals surface area (Å²) in [5.41, 5.74) is 0.879. The Kier molecular flexibility index (Phi) is 4.46. The fourth-order valence-electron chi connectivity index (χ4n) is 2.83. The van der Waals surface area contributed by atoms with E-state index < -0.39 is 17.6 Å². The molecule has 0 fully saturated rings. The summed E-state index contributed by atoms with van der Waals surface area (Å²) in [7, 11) is 0. The van der Waals surface area contributed by atoms with Crippen LogP contribution in [0, 0.1) is 5.82 Å². The van der Waals surface area contributed by atoms with Gasteiger partial charge in [0.25, 0.3) is 0 Å². The first-order valence-corrected chi connectivity index (χ1v) is 8.70. The van der Waals surface area contributed by atoms with E-state index in [4.69, 9.17) is 0 Å². The van der Waals surface area contributed by atoms with Gasteiger partial charge < -0.3 is 5.32 Å². The van der Waals surface area contributed by atoms with Gasteiger partial charge in [-0.25, -0.2) is 14.4 Å². The first-order valence-electron chi connectivity index (χ1n) is 8.70. The van der Waals surface area contributed by atoms with E-state index in [0.717, 1.165) is 36.4 Å². The molecule has 28 heavy (non-hydrogen) atoms. The predicted molar refractivity (Wildman–Crippen MR) is 100 cm³/mol. The van der Waals surface area contributed by atoms with Gasteiger partial charge in [0, 0.05) is 22.7 Å². The fraction of sp³-hybridized carbons (Fsp3) is 0.150. The van der Waals surface area contributed by atoms with Gasteiger partial charge in [-0.2, -0.15) is 13.9 Å². The lowest BCUT2D eigenvalue weighted by Crippen LogP contribution is -2.20. The number of nitrogens with one attached hydrogen (secondary N) is 2. The van der Waals surface area contributed by atoms with E-state index in [1.54, 1.807) is 30.3 Å². The van der Waals surface area contributed by atoms with Gasteiger partial charge in [0.1, 0.15) is 11.6 Å². The van der Waals surface area contributed by atoms with Crippen molar-refractivity contribution in [3.8, 4) is 0 Å². The van der Waals surface area contributed by atoms with Crippen molar-refractivity contribution in [3.63, 3.8) is 0 Å². The summed E-state index contributed by atoms with van der Waals surface area (Å²) in [6.07, 6.45) is 0.757. The van der Waals surface area contributed by atoms with Crippen molar-refractivity contribution in [2.45, 2.75) is 19.3 Å². The van der Waals surface area contributed by atoms with Crippen molar-refractivity contribution in [2.75, 3.05) is 5.32 Å². The van der Waals surface area contributed by atoms with Crippen molar-refractivity contribution in [3.05, 3.63) is 77.5 Å². The van der Waals surface area contributed by atoms with Crippen LogP contribution in [0.2, 0.25) is 0 Å². The molecule has 0 aliphatic heterocycles. The lowest BCUT2D eigenvalue weighted by molar-refractivity contribution is 0.0333. The summed E-state index contributed by atoms with van der Waals surface area (Å²) in [6.45, 7) is 1.97. The molecule has 5 nitrogen and oxygen atoms in total. The van der Waals surface area contributed by atoms with Gasteiger partial charge in [0.15, 0.2) is 5.82 Å². The van der Waals surface area contributed by atoms with Gasteiger partial charge >= 0.3 is 5.92 Å². The molecule has 0 saturated carbocycles. The molecule has 2 heterocycles. The van der Waals surface area contributed by atoms with Gasteiger partial charge in [0.2, 0.25) is 5.82 Å². The Hall–Kier alpha value is -3.42. The van der Waals surface area contributed by atoms with Crippen LogP contribution in [-0.2, 0) is 12.3 Å². The second kappa shape index (κ2) is 6.95. The molecule has 0 atom stereocenters. The van der Waals surface area contributed by atoms with E-state index in [1.165, 1.54) is 0 Å². The Bertz CT molecular complexity index is 1120. The molecule has 0 unspecified atom stereocenters. The molecule has 0 bridgehead atoms. The van der Waals surface area contributed by atoms with Crippen LogP contribution in [0.4, 0.5) is 24.8 Å². The average molecular weight is 383 g/mol. The van der Waals surface area contributed by atoms with Gasteiger partial charge in [-0.1, -0.05) is 19.1 Å². The minimum absolute atomic E-state index is 0.219. The van der Waals surface area contributed by atoms with Gasteiger partial charge in [0.05, 0.1) is 5.52 Å². The van der Waals surface area contributed by atoms with Crippen molar-refractivity contribution in [2.24, 2.45) is 0 Å². The Morgan fingerprint density at radius 1 is 1.04 bits per heavy atom. The molecule has 4 aromatic rings. The number of aryl methyl sites for hydroxylation is 1. The molecule has 2 aromatic carbocycles. The third kappa shape index (κ3) is 3.28. The summed E-state index contributed by atoms with van der Waals surface area (Å²) in [5, 5.41) is 10.6. The number of benzene rings is 2. The summed E-state index contributed by atoms with van der Waals surface area (Å²) < 4.78 is 43.2. The standard InChI is InChI=1S/C20H16F3N5/c1-2-14-11-17(28-27-14)25-18-15-5-3-4-6-16(15)24-19(26-18)20(22,23)12-7-9-13(21)10-8-12/h3-11H,2H2,1H3,(H2,24,25,26,27,28). The molecule has 0 aliphatic rings. The number of hydrogen-bond acceptors (Lipinski definition) is 4. The molecule has 0 aliphatic carbocycles. The molecule has 8 heteroatoms. The zero-order valence-electron chi connectivity index (χ0n) is 14.9. The molecular formula is C20H16F3N5. The van der Waals surface area contributed by atoms with Crippen LogP contribution in [0.5, 0.6) is 0 Å². The zero-order valence-corrected chi connectivity index (χ0v) is 14.9. The van der Waals surface area contributed by atoms with Gasteiger partial charge in [-0.15, -0.1) is 0 Å². The summed E-state index contributed by atoms with van der Waals surface area (Å²) in [6, 6.07) is 12.7. The maximum atomic E-state index is 15.0. The number of H-pyrrole nitrogens is 1. The summed E-state index contributed by atoms with van der Waals surface area (Å²) >= 11 is 0. The van der Waals surface area contributed by atoms with Crippen LogP contribution in [-0.4, -0.2) is 20.2 Å². The zero-order chi connectivity index (χ0) is 19.7. The van der Waals surface area contributed by atoms with E-state index in [-0.39, 0.29) is 11.4 Å². The third-order valence-electron chi connectivity index (χ3n) is 4.35. The fourth-order valence-corrected chi connectivity index (χ4v) is 2.83. The Morgan fingerprint density at radius 3 is 2.50 bits per heavy atom. The third-order valence-corrected chi connectivity index (χ3v) is 4.35. The topological polar surface area (TPSA) is 66.5 Å². The summed E-state index contributed by atoms with van der Waals surface area (Å²) in [5.74, 6) is -4.07. The number of aromatic nitrogens is 4.